The summed E-state index contributed by atoms with van der Waals surface area (Å²) in [6.07, 6.45) is 0. The third kappa shape index (κ3) is 5.40. The Morgan fingerprint density at radius 3 is 2.33 bits per heavy atom. The lowest BCUT2D eigenvalue weighted by Gasteiger charge is -2.18. The minimum absolute atomic E-state index is 0.148. The maximum Gasteiger partial charge on any atom is 0.355 e. The first-order valence-corrected chi connectivity index (χ1v) is 11.7. The summed E-state index contributed by atoms with van der Waals surface area (Å²) >= 11 is 0. The van der Waals surface area contributed by atoms with E-state index < -0.39 is 39.0 Å². The lowest BCUT2D eigenvalue weighted by atomic mass is 10.1. The molecule has 1 N–H and O–H groups in total. The summed E-state index contributed by atoms with van der Waals surface area (Å²) in [7, 11) is -3.91. The van der Waals surface area contributed by atoms with Gasteiger partial charge in [0.05, 0.1) is 16.4 Å². The second-order valence-electron chi connectivity index (χ2n) is 7.03. The number of nitro groups is 1. The summed E-state index contributed by atoms with van der Waals surface area (Å²) in [5.41, 5.74) is 0.607. The third-order valence-electron chi connectivity index (χ3n) is 5.02. The maximum atomic E-state index is 12.8. The Morgan fingerprint density at radius 1 is 1.15 bits per heavy atom. The zero-order valence-corrected chi connectivity index (χ0v) is 19.9. The molecule has 2 rings (SSSR count). The maximum absolute atomic E-state index is 12.8. The quantitative estimate of drug-likeness (QED) is 0.223. The van der Waals surface area contributed by atoms with Crippen molar-refractivity contribution in [1.29, 1.82) is 0 Å². The lowest BCUT2D eigenvalue weighted by molar-refractivity contribution is -0.386. The number of H-pyrrole nitrogens is 1. The van der Waals surface area contributed by atoms with Crippen molar-refractivity contribution in [3.8, 4) is 5.75 Å². The number of Topliss-reactive ketones (excluding diaryl/α,β-unsaturated/α-hetero) is 1. The Hall–Kier alpha value is -3.25. The van der Waals surface area contributed by atoms with Gasteiger partial charge in [0.25, 0.3) is 0 Å². The van der Waals surface area contributed by atoms with Crippen molar-refractivity contribution in [3.63, 3.8) is 0 Å². The number of carbonyl (C=O) groups is 2. The fourth-order valence-corrected chi connectivity index (χ4v) is 4.90. The number of rotatable bonds is 11. The first kappa shape index (κ1) is 26.0. The molecule has 1 heterocycles. The molecule has 0 unspecified atom stereocenters. The van der Waals surface area contributed by atoms with Gasteiger partial charge in [0.2, 0.25) is 15.8 Å². The van der Waals surface area contributed by atoms with Crippen LogP contribution in [-0.2, 0) is 14.8 Å². The number of nitro benzene ring substituents is 1. The second-order valence-corrected chi connectivity index (χ2v) is 8.97. The highest BCUT2D eigenvalue weighted by Gasteiger charge is 2.27. The molecule has 0 fully saturated rings. The highest BCUT2D eigenvalue weighted by atomic mass is 32.2. The van der Waals surface area contributed by atoms with Crippen LogP contribution >= 0.6 is 0 Å². The number of carbonyl (C=O) groups excluding carboxylic acids is 2. The molecule has 0 radical (unpaired) electrons. The number of aromatic amines is 1. The van der Waals surface area contributed by atoms with Crippen LogP contribution in [0.1, 0.15) is 52.9 Å². The molecule has 12 heteroatoms. The normalized spacial score (nSPS) is 11.5. The van der Waals surface area contributed by atoms with Crippen molar-refractivity contribution in [2.45, 2.75) is 39.5 Å². The van der Waals surface area contributed by atoms with Crippen molar-refractivity contribution < 1.29 is 32.4 Å². The van der Waals surface area contributed by atoms with Gasteiger partial charge < -0.3 is 14.5 Å². The van der Waals surface area contributed by atoms with E-state index in [0.29, 0.717) is 11.3 Å². The fraction of sp³-hybridized carbons (Fsp3) is 0.429. The van der Waals surface area contributed by atoms with Gasteiger partial charge >= 0.3 is 11.7 Å². The minimum atomic E-state index is -3.91. The molecule has 0 bridgehead atoms. The highest BCUT2D eigenvalue weighted by molar-refractivity contribution is 7.89. The van der Waals surface area contributed by atoms with E-state index in [-0.39, 0.29) is 41.6 Å². The van der Waals surface area contributed by atoms with E-state index in [4.69, 9.17) is 9.47 Å². The number of sulfonamides is 1. The minimum Gasteiger partial charge on any atom is -0.478 e. The van der Waals surface area contributed by atoms with E-state index in [2.05, 4.69) is 4.98 Å². The number of aromatic nitrogens is 1. The number of esters is 1. The van der Waals surface area contributed by atoms with Crippen LogP contribution in [0.2, 0.25) is 0 Å². The predicted molar refractivity (Wildman–Crippen MR) is 119 cm³/mol. The smallest absolute Gasteiger partial charge is 0.355 e. The monoisotopic (exact) mass is 481 g/mol. The molecule has 1 aromatic carbocycles. The Morgan fingerprint density at radius 2 is 1.79 bits per heavy atom. The molecule has 0 amide bonds. The standard InChI is InChI=1S/C21H27N3O8S/c1-6-23(7-2)33(29,30)15-9-10-18(16(11-15)24(27)28)32-12-17(25)19-13(4)20(22-14(19)5)21(26)31-8-3/h9-11,22H,6-8,12H2,1-5H3. The highest BCUT2D eigenvalue weighted by Crippen LogP contribution is 2.31. The molecule has 0 aliphatic heterocycles. The molecule has 1 aromatic heterocycles. The summed E-state index contributed by atoms with van der Waals surface area (Å²) in [5.74, 6) is -1.35. The van der Waals surface area contributed by atoms with E-state index in [1.54, 1.807) is 34.6 Å². The van der Waals surface area contributed by atoms with E-state index in [1.807, 2.05) is 0 Å². The van der Waals surface area contributed by atoms with Crippen molar-refractivity contribution in [3.05, 3.63) is 50.8 Å². The Balaban J connectivity index is 2.31. The van der Waals surface area contributed by atoms with Crippen molar-refractivity contribution in [2.75, 3.05) is 26.3 Å². The van der Waals surface area contributed by atoms with Gasteiger partial charge in [0.15, 0.2) is 12.4 Å². The van der Waals surface area contributed by atoms with Gasteiger partial charge in [-0.1, -0.05) is 13.8 Å². The first-order valence-electron chi connectivity index (χ1n) is 10.3. The Labute approximate surface area is 191 Å². The average molecular weight is 482 g/mol. The number of nitrogens with one attached hydrogen (secondary N) is 1. The van der Waals surface area contributed by atoms with E-state index >= 15 is 0 Å². The van der Waals surface area contributed by atoms with E-state index in [9.17, 15) is 28.1 Å². The van der Waals surface area contributed by atoms with Crippen LogP contribution in [0, 0.1) is 24.0 Å². The van der Waals surface area contributed by atoms with Crippen LogP contribution in [0.5, 0.6) is 5.75 Å². The Kier molecular flexibility index (Phi) is 8.34. The van der Waals surface area contributed by atoms with Crippen molar-refractivity contribution >= 4 is 27.5 Å². The number of hydrogen-bond donors (Lipinski definition) is 1. The van der Waals surface area contributed by atoms with Crippen LogP contribution in [0.3, 0.4) is 0 Å². The number of ether oxygens (including phenoxy) is 2. The van der Waals surface area contributed by atoms with E-state index in [1.165, 1.54) is 10.4 Å². The van der Waals surface area contributed by atoms with Crippen molar-refractivity contribution in [2.24, 2.45) is 0 Å². The zero-order valence-electron chi connectivity index (χ0n) is 19.1. The zero-order chi connectivity index (χ0) is 24.9. The first-order chi connectivity index (χ1) is 15.5. The molecule has 0 spiro atoms. The Bertz CT molecular complexity index is 1170. The van der Waals surface area contributed by atoms with Crippen molar-refractivity contribution in [1.82, 2.24) is 9.29 Å². The second kappa shape index (κ2) is 10.6. The van der Waals surface area contributed by atoms with Crippen LogP contribution in [0.25, 0.3) is 0 Å². The molecular weight excluding hydrogens is 454 g/mol. The molecular formula is C21H27N3O8S. The van der Waals surface area contributed by atoms with Gasteiger partial charge in [-0.15, -0.1) is 0 Å². The SMILES string of the molecule is CCOC(=O)c1[nH]c(C)c(C(=O)COc2ccc(S(=O)(=O)N(CC)CC)cc2[N+](=O)[O-])c1C. The molecule has 2 aromatic rings. The summed E-state index contributed by atoms with van der Waals surface area (Å²) in [6.45, 7) is 8.22. The van der Waals surface area contributed by atoms with Crippen LogP contribution in [0.15, 0.2) is 23.1 Å². The fourth-order valence-electron chi connectivity index (χ4n) is 3.43. The molecule has 0 saturated carbocycles. The molecule has 0 aliphatic rings. The van der Waals surface area contributed by atoms with E-state index in [0.717, 1.165) is 12.1 Å². The predicted octanol–water partition coefficient (Wildman–Crippen LogP) is 3.01. The third-order valence-corrected chi connectivity index (χ3v) is 7.07. The molecule has 0 atom stereocenters. The largest absolute Gasteiger partial charge is 0.478 e. The summed E-state index contributed by atoms with van der Waals surface area (Å²) in [4.78, 5) is 38.1. The van der Waals surface area contributed by atoms with Crippen LogP contribution in [-0.4, -0.2) is 60.7 Å². The number of nitrogens with zero attached hydrogens (tertiary/aromatic N) is 2. The molecule has 11 nitrogen and oxygen atoms in total. The molecule has 0 aliphatic carbocycles. The molecule has 0 saturated heterocycles. The lowest BCUT2D eigenvalue weighted by Crippen LogP contribution is -2.30. The van der Waals surface area contributed by atoms with Crippen LogP contribution < -0.4 is 4.74 Å². The number of hydrogen-bond acceptors (Lipinski definition) is 8. The number of aryl methyl sites for hydroxylation is 1. The van der Waals surface area contributed by atoms with Gasteiger partial charge in [0, 0.05) is 30.4 Å². The topological polar surface area (TPSA) is 149 Å². The summed E-state index contributed by atoms with van der Waals surface area (Å²) < 4.78 is 36.9. The van der Waals surface area contributed by atoms with Gasteiger partial charge in [-0.25, -0.2) is 13.2 Å². The molecule has 33 heavy (non-hydrogen) atoms. The molecule has 180 valence electrons. The number of benzene rings is 1. The van der Waals surface area contributed by atoms with Gasteiger partial charge in [0.1, 0.15) is 5.69 Å². The van der Waals surface area contributed by atoms with Gasteiger partial charge in [-0.3, -0.25) is 14.9 Å². The van der Waals surface area contributed by atoms with Crippen LogP contribution in [0.4, 0.5) is 5.69 Å². The van der Waals surface area contributed by atoms with Gasteiger partial charge in [-0.05, 0) is 38.5 Å². The summed E-state index contributed by atoms with van der Waals surface area (Å²) in [5, 5.41) is 11.5. The van der Waals surface area contributed by atoms with Gasteiger partial charge in [-0.2, -0.15) is 4.31 Å². The summed E-state index contributed by atoms with van der Waals surface area (Å²) in [6, 6.07) is 3.27. The number of ketones is 1. The average Bonchev–Trinajstić information content (AvgIpc) is 3.06.